The van der Waals surface area contributed by atoms with Gasteiger partial charge in [-0.25, -0.2) is 14.8 Å². The predicted molar refractivity (Wildman–Crippen MR) is 112 cm³/mol. The van der Waals surface area contributed by atoms with Crippen molar-refractivity contribution in [3.8, 4) is 5.75 Å². The zero-order valence-electron chi connectivity index (χ0n) is 16.5. The van der Waals surface area contributed by atoms with E-state index < -0.39 is 24.5 Å². The fraction of sp³-hybridized carbons (Fsp3) is 0.182. The molecule has 4 rings (SSSR count). The maximum atomic E-state index is 12.9. The molecule has 0 spiro atoms. The van der Waals surface area contributed by atoms with Gasteiger partial charge in [-0.1, -0.05) is 11.6 Å². The molecule has 0 saturated carbocycles. The van der Waals surface area contributed by atoms with Crippen molar-refractivity contribution in [2.45, 2.75) is 12.5 Å². The lowest BCUT2D eigenvalue weighted by atomic mass is 10.0. The van der Waals surface area contributed by atoms with Crippen LogP contribution in [-0.4, -0.2) is 41.3 Å². The minimum Gasteiger partial charge on any atom is -0.497 e. The number of pyridine rings is 1. The van der Waals surface area contributed by atoms with Crippen molar-refractivity contribution in [1.29, 1.82) is 0 Å². The lowest BCUT2D eigenvalue weighted by Crippen LogP contribution is -2.31. The Hall–Kier alpha value is -3.65. The second-order valence-corrected chi connectivity index (χ2v) is 7.02. The first kappa shape index (κ1) is 20.6. The molecule has 1 aliphatic heterocycles. The molecule has 3 heterocycles. The second-order valence-electron chi connectivity index (χ2n) is 6.67. The lowest BCUT2D eigenvalue weighted by molar-refractivity contribution is -0.136. The van der Waals surface area contributed by atoms with Crippen LogP contribution in [0.25, 0.3) is 0 Å². The fourth-order valence-electron chi connectivity index (χ4n) is 3.21. The minimum absolute atomic E-state index is 0.00870. The fourth-order valence-corrected chi connectivity index (χ4v) is 3.41. The number of amides is 1. The molecule has 0 unspecified atom stereocenters. The highest BCUT2D eigenvalue weighted by Gasteiger charge is 2.35. The van der Waals surface area contributed by atoms with Gasteiger partial charge in [-0.05, 0) is 54.1 Å². The number of ether oxygens (including phenoxy) is 2. The highest BCUT2D eigenvalue weighted by atomic mass is 35.5. The summed E-state index contributed by atoms with van der Waals surface area (Å²) >= 11 is 5.91. The zero-order chi connectivity index (χ0) is 21.8. The zero-order valence-corrected chi connectivity index (χ0v) is 17.3. The molecule has 0 bridgehead atoms. The molecule has 0 N–H and O–H groups in total. The van der Waals surface area contributed by atoms with Gasteiger partial charge in [0.05, 0.1) is 24.6 Å². The first-order valence-electron chi connectivity index (χ1n) is 9.42. The van der Waals surface area contributed by atoms with Gasteiger partial charge in [-0.15, -0.1) is 0 Å². The van der Waals surface area contributed by atoms with E-state index in [1.54, 1.807) is 25.3 Å². The van der Waals surface area contributed by atoms with E-state index in [0.29, 0.717) is 17.9 Å². The highest BCUT2D eigenvalue weighted by Crippen LogP contribution is 2.33. The third kappa shape index (κ3) is 4.44. The first-order valence-corrected chi connectivity index (χ1v) is 9.79. The van der Waals surface area contributed by atoms with Crippen LogP contribution in [0.3, 0.4) is 0 Å². The third-order valence-electron chi connectivity index (χ3n) is 4.77. The summed E-state index contributed by atoms with van der Waals surface area (Å²) in [4.78, 5) is 29.0. The molecule has 1 atom stereocenters. The average molecular weight is 440 g/mol. The molecule has 158 valence electrons. The predicted octanol–water partition coefficient (Wildman–Crippen LogP) is 3.87. The normalized spacial score (nSPS) is 15.5. The molecule has 1 aromatic carbocycles. The van der Waals surface area contributed by atoms with Gasteiger partial charge in [0.2, 0.25) is 0 Å². The van der Waals surface area contributed by atoms with E-state index in [2.05, 4.69) is 10.1 Å². The Labute approximate surface area is 183 Å². The molecule has 31 heavy (non-hydrogen) atoms. The van der Waals surface area contributed by atoms with Crippen LogP contribution < -0.4 is 4.74 Å². The van der Waals surface area contributed by atoms with Gasteiger partial charge in [-0.2, -0.15) is 5.10 Å². The van der Waals surface area contributed by atoms with Crippen LogP contribution in [0.5, 0.6) is 5.75 Å². The molecule has 1 aliphatic rings. The average Bonchev–Trinajstić information content (AvgIpc) is 3.47. The van der Waals surface area contributed by atoms with Gasteiger partial charge < -0.3 is 13.9 Å². The number of methoxy groups -OCH3 is 1. The lowest BCUT2D eigenvalue weighted by Gasteiger charge is -2.19. The van der Waals surface area contributed by atoms with Crippen molar-refractivity contribution in [2.75, 3.05) is 13.7 Å². The van der Waals surface area contributed by atoms with Gasteiger partial charge in [0.1, 0.15) is 22.7 Å². The van der Waals surface area contributed by atoms with Crippen molar-refractivity contribution in [3.63, 3.8) is 0 Å². The van der Waals surface area contributed by atoms with E-state index in [4.69, 9.17) is 25.5 Å². The van der Waals surface area contributed by atoms with Crippen LogP contribution in [-0.2, 0) is 9.53 Å². The molecule has 0 saturated heterocycles. The largest absolute Gasteiger partial charge is 0.497 e. The number of halogens is 1. The van der Waals surface area contributed by atoms with Gasteiger partial charge in [-0.3, -0.25) is 4.79 Å². The van der Waals surface area contributed by atoms with Gasteiger partial charge in [0, 0.05) is 12.6 Å². The monoisotopic (exact) mass is 439 g/mol. The molecule has 0 radical (unpaired) electrons. The Morgan fingerprint density at radius 1 is 1.19 bits per heavy atom. The molecular formula is C22H18ClN3O5. The summed E-state index contributed by atoms with van der Waals surface area (Å²) in [5.41, 5.74) is 1.65. The summed E-state index contributed by atoms with van der Waals surface area (Å²) in [5.74, 6) is 0.0823. The number of aromatic nitrogens is 1. The van der Waals surface area contributed by atoms with E-state index in [0.717, 1.165) is 11.3 Å². The van der Waals surface area contributed by atoms with Crippen LogP contribution in [0.2, 0.25) is 5.15 Å². The van der Waals surface area contributed by atoms with E-state index in [-0.39, 0.29) is 10.7 Å². The molecule has 3 aromatic rings. The Morgan fingerprint density at radius 3 is 2.68 bits per heavy atom. The van der Waals surface area contributed by atoms with Gasteiger partial charge in [0.15, 0.2) is 6.61 Å². The summed E-state index contributed by atoms with van der Waals surface area (Å²) in [6, 6.07) is 13.5. The number of rotatable bonds is 6. The summed E-state index contributed by atoms with van der Waals surface area (Å²) in [5, 5.41) is 5.79. The molecule has 0 aliphatic carbocycles. The standard InChI is InChI=1S/C22H18ClN3O5/c1-29-15-8-6-14(7-9-15)17-12-18(19-5-3-11-30-19)26(25-17)20(27)13-31-22(28)16-4-2-10-24-21(16)23/h2-11,18H,12-13H2,1H3/t18-/m1/s1. The number of carbonyl (C=O) groups is 2. The van der Waals surface area contributed by atoms with Crippen molar-refractivity contribution >= 4 is 29.2 Å². The summed E-state index contributed by atoms with van der Waals surface area (Å²) in [7, 11) is 1.59. The number of nitrogens with zero attached hydrogens (tertiary/aromatic N) is 3. The van der Waals surface area contributed by atoms with Crippen LogP contribution in [0.1, 0.15) is 34.1 Å². The Morgan fingerprint density at radius 2 is 2.00 bits per heavy atom. The van der Waals surface area contributed by atoms with E-state index in [9.17, 15) is 9.59 Å². The number of esters is 1. The maximum Gasteiger partial charge on any atom is 0.341 e. The molecule has 1 amide bonds. The first-order chi connectivity index (χ1) is 15.1. The summed E-state index contributed by atoms with van der Waals surface area (Å²) < 4.78 is 15.8. The Bertz CT molecular complexity index is 1110. The number of hydrogen-bond donors (Lipinski definition) is 0. The van der Waals surface area contributed by atoms with Crippen LogP contribution >= 0.6 is 11.6 Å². The van der Waals surface area contributed by atoms with Crippen molar-refractivity contribution in [3.05, 3.63) is 83.0 Å². The number of carbonyl (C=O) groups excluding carboxylic acids is 2. The second kappa shape index (κ2) is 9.01. The summed E-state index contributed by atoms with van der Waals surface area (Å²) in [6.07, 6.45) is 3.44. The SMILES string of the molecule is COc1ccc(C2=NN(C(=O)COC(=O)c3cccnc3Cl)[C@@H](c3ccco3)C2)cc1. The number of benzene rings is 1. The quantitative estimate of drug-likeness (QED) is 0.427. The van der Waals surface area contributed by atoms with Gasteiger partial charge >= 0.3 is 5.97 Å². The third-order valence-corrected chi connectivity index (χ3v) is 5.07. The minimum atomic E-state index is -0.737. The van der Waals surface area contributed by atoms with Gasteiger partial charge in [0.25, 0.3) is 5.91 Å². The Kier molecular flexibility index (Phi) is 5.99. The molecule has 2 aromatic heterocycles. The smallest absolute Gasteiger partial charge is 0.341 e. The molecule has 0 fully saturated rings. The van der Waals surface area contributed by atoms with E-state index >= 15 is 0 Å². The van der Waals surface area contributed by atoms with Crippen molar-refractivity contribution < 1.29 is 23.5 Å². The van der Waals surface area contributed by atoms with Crippen molar-refractivity contribution in [2.24, 2.45) is 5.10 Å². The van der Waals surface area contributed by atoms with Crippen LogP contribution in [0, 0.1) is 0 Å². The van der Waals surface area contributed by atoms with Crippen LogP contribution in [0.15, 0.2) is 70.5 Å². The molecular weight excluding hydrogens is 422 g/mol. The summed E-state index contributed by atoms with van der Waals surface area (Å²) in [6.45, 7) is -0.499. The van der Waals surface area contributed by atoms with Crippen molar-refractivity contribution in [1.82, 2.24) is 9.99 Å². The van der Waals surface area contributed by atoms with E-state index in [1.165, 1.54) is 23.5 Å². The Balaban J connectivity index is 1.52. The van der Waals surface area contributed by atoms with E-state index in [1.807, 2.05) is 24.3 Å². The number of hydrazone groups is 1. The number of furan rings is 1. The maximum absolute atomic E-state index is 12.9. The topological polar surface area (TPSA) is 94.2 Å². The number of hydrogen-bond acceptors (Lipinski definition) is 7. The van der Waals surface area contributed by atoms with Crippen LogP contribution in [0.4, 0.5) is 0 Å². The molecule has 9 heteroatoms. The molecule has 8 nitrogen and oxygen atoms in total. The highest BCUT2D eigenvalue weighted by molar-refractivity contribution is 6.32.